The molecule has 0 fully saturated rings. The Hall–Kier alpha value is -1.55. The van der Waals surface area contributed by atoms with E-state index in [9.17, 15) is 0 Å². The van der Waals surface area contributed by atoms with Crippen molar-refractivity contribution in [1.29, 1.82) is 0 Å². The van der Waals surface area contributed by atoms with Crippen molar-refractivity contribution in [3.05, 3.63) is 40.4 Å². The Kier molecular flexibility index (Phi) is 4.10. The first-order valence-electron chi connectivity index (χ1n) is 6.45. The monoisotopic (exact) mass is 278 g/mol. The van der Waals surface area contributed by atoms with Gasteiger partial charge in [0, 0.05) is 17.8 Å². The third-order valence-electron chi connectivity index (χ3n) is 3.28. The van der Waals surface area contributed by atoms with Gasteiger partial charge in [-0.05, 0) is 39.8 Å². The van der Waals surface area contributed by atoms with Gasteiger partial charge in [-0.1, -0.05) is 11.6 Å². The molecule has 2 aromatic rings. The van der Waals surface area contributed by atoms with Crippen LogP contribution in [0.25, 0.3) is 0 Å². The van der Waals surface area contributed by atoms with Gasteiger partial charge < -0.3 is 5.32 Å². The second-order valence-electron chi connectivity index (χ2n) is 4.64. The van der Waals surface area contributed by atoms with Gasteiger partial charge >= 0.3 is 0 Å². The molecule has 0 aliphatic heterocycles. The van der Waals surface area contributed by atoms with E-state index in [2.05, 4.69) is 36.2 Å². The summed E-state index contributed by atoms with van der Waals surface area (Å²) in [5.74, 6) is 0. The molecule has 2 aromatic heterocycles. The SMILES string of the molecule is CCn1nc(C)c(C(C)Nc2ccc(Cl)nc2)c1C. The number of nitrogens with zero attached hydrogens (tertiary/aromatic N) is 3. The fourth-order valence-corrected chi connectivity index (χ4v) is 2.54. The number of halogens is 1. The highest BCUT2D eigenvalue weighted by molar-refractivity contribution is 6.29. The molecule has 0 radical (unpaired) electrons. The topological polar surface area (TPSA) is 42.7 Å². The Labute approximate surface area is 118 Å². The van der Waals surface area contributed by atoms with E-state index in [1.807, 2.05) is 17.7 Å². The first-order valence-corrected chi connectivity index (χ1v) is 6.82. The number of hydrogen-bond acceptors (Lipinski definition) is 3. The molecule has 1 N–H and O–H groups in total. The van der Waals surface area contributed by atoms with Gasteiger partial charge in [0.15, 0.2) is 0 Å². The third kappa shape index (κ3) is 2.89. The zero-order valence-electron chi connectivity index (χ0n) is 11.7. The summed E-state index contributed by atoms with van der Waals surface area (Å²) < 4.78 is 2.03. The van der Waals surface area contributed by atoms with Crippen molar-refractivity contribution in [3.8, 4) is 0 Å². The Morgan fingerprint density at radius 1 is 1.37 bits per heavy atom. The Balaban J connectivity index is 2.22. The number of hydrogen-bond donors (Lipinski definition) is 1. The van der Waals surface area contributed by atoms with Crippen LogP contribution < -0.4 is 5.32 Å². The van der Waals surface area contributed by atoms with Crippen molar-refractivity contribution >= 4 is 17.3 Å². The second kappa shape index (κ2) is 5.61. The number of pyridine rings is 1. The van der Waals surface area contributed by atoms with Crippen LogP contribution in [-0.2, 0) is 6.54 Å². The lowest BCUT2D eigenvalue weighted by Crippen LogP contribution is -2.09. The Bertz CT molecular complexity index is 560. The third-order valence-corrected chi connectivity index (χ3v) is 3.50. The molecule has 0 amide bonds. The van der Waals surface area contributed by atoms with Gasteiger partial charge in [0.2, 0.25) is 0 Å². The van der Waals surface area contributed by atoms with Crippen LogP contribution in [0.4, 0.5) is 5.69 Å². The van der Waals surface area contributed by atoms with Crippen molar-refractivity contribution in [1.82, 2.24) is 14.8 Å². The summed E-state index contributed by atoms with van der Waals surface area (Å²) in [7, 11) is 0. The lowest BCUT2D eigenvalue weighted by Gasteiger charge is -2.16. The zero-order valence-corrected chi connectivity index (χ0v) is 12.5. The van der Waals surface area contributed by atoms with E-state index in [4.69, 9.17) is 11.6 Å². The van der Waals surface area contributed by atoms with Crippen LogP contribution in [0.5, 0.6) is 0 Å². The summed E-state index contributed by atoms with van der Waals surface area (Å²) in [6.07, 6.45) is 1.74. The van der Waals surface area contributed by atoms with E-state index in [-0.39, 0.29) is 6.04 Å². The summed E-state index contributed by atoms with van der Waals surface area (Å²) in [5, 5.41) is 8.48. The second-order valence-corrected chi connectivity index (χ2v) is 5.02. The van der Waals surface area contributed by atoms with Crippen LogP contribution in [0.3, 0.4) is 0 Å². The maximum absolute atomic E-state index is 5.79. The lowest BCUT2D eigenvalue weighted by atomic mass is 10.1. The molecular formula is C14H19ClN4. The van der Waals surface area contributed by atoms with E-state index < -0.39 is 0 Å². The molecule has 1 unspecified atom stereocenters. The Morgan fingerprint density at radius 3 is 2.63 bits per heavy atom. The van der Waals surface area contributed by atoms with Gasteiger partial charge in [-0.25, -0.2) is 4.98 Å². The molecule has 2 heterocycles. The van der Waals surface area contributed by atoms with Crippen LogP contribution in [-0.4, -0.2) is 14.8 Å². The molecule has 1 atom stereocenters. The standard InChI is InChI=1S/C14H19ClN4/c1-5-19-11(4)14(10(3)18-19)9(2)17-12-6-7-13(15)16-8-12/h6-9,17H,5H2,1-4H3. The van der Waals surface area contributed by atoms with Crippen molar-refractivity contribution in [2.24, 2.45) is 0 Å². The Morgan fingerprint density at radius 2 is 2.11 bits per heavy atom. The molecule has 0 aliphatic rings. The number of rotatable bonds is 4. The summed E-state index contributed by atoms with van der Waals surface area (Å²) in [6.45, 7) is 9.28. The van der Waals surface area contributed by atoms with Crippen LogP contribution in [0.2, 0.25) is 5.15 Å². The molecular weight excluding hydrogens is 260 g/mol. The fraction of sp³-hybridized carbons (Fsp3) is 0.429. The molecule has 0 saturated heterocycles. The van der Waals surface area contributed by atoms with Crippen molar-refractivity contribution in [2.45, 2.75) is 40.3 Å². The molecule has 5 heteroatoms. The van der Waals surface area contributed by atoms with Gasteiger partial charge in [-0.2, -0.15) is 5.10 Å². The van der Waals surface area contributed by atoms with Gasteiger partial charge in [-0.3, -0.25) is 4.68 Å². The molecule has 102 valence electrons. The highest BCUT2D eigenvalue weighted by Crippen LogP contribution is 2.25. The molecule has 0 spiro atoms. The smallest absolute Gasteiger partial charge is 0.129 e. The molecule has 0 bridgehead atoms. The first-order chi connectivity index (χ1) is 9.02. The van der Waals surface area contributed by atoms with E-state index in [1.54, 1.807) is 12.3 Å². The van der Waals surface area contributed by atoms with E-state index >= 15 is 0 Å². The normalized spacial score (nSPS) is 12.5. The van der Waals surface area contributed by atoms with Crippen molar-refractivity contribution in [3.63, 3.8) is 0 Å². The number of nitrogens with one attached hydrogen (secondary N) is 1. The van der Waals surface area contributed by atoms with Crippen LogP contribution in [0, 0.1) is 13.8 Å². The molecule has 4 nitrogen and oxygen atoms in total. The first kappa shape index (κ1) is 13.9. The van der Waals surface area contributed by atoms with Gasteiger partial charge in [0.1, 0.15) is 5.15 Å². The molecule has 19 heavy (non-hydrogen) atoms. The maximum Gasteiger partial charge on any atom is 0.129 e. The van der Waals surface area contributed by atoms with Crippen LogP contribution in [0.1, 0.15) is 36.8 Å². The predicted molar refractivity (Wildman–Crippen MR) is 78.7 cm³/mol. The molecule has 2 rings (SSSR count). The minimum absolute atomic E-state index is 0.184. The van der Waals surface area contributed by atoms with Crippen LogP contribution >= 0.6 is 11.6 Å². The summed E-state index contributed by atoms with van der Waals surface area (Å²) in [4.78, 5) is 4.07. The van der Waals surface area contributed by atoms with Crippen molar-refractivity contribution in [2.75, 3.05) is 5.32 Å². The summed E-state index contributed by atoms with van der Waals surface area (Å²) in [6, 6.07) is 3.90. The average molecular weight is 279 g/mol. The van der Waals surface area contributed by atoms with E-state index in [0.717, 1.165) is 17.9 Å². The van der Waals surface area contributed by atoms with Gasteiger partial charge in [-0.15, -0.1) is 0 Å². The number of aromatic nitrogens is 3. The highest BCUT2D eigenvalue weighted by atomic mass is 35.5. The average Bonchev–Trinajstić information content (AvgIpc) is 2.67. The maximum atomic E-state index is 5.79. The largest absolute Gasteiger partial charge is 0.377 e. The molecule has 0 aliphatic carbocycles. The van der Waals surface area contributed by atoms with E-state index in [0.29, 0.717) is 5.15 Å². The molecule has 0 aromatic carbocycles. The summed E-state index contributed by atoms with van der Waals surface area (Å²) in [5.41, 5.74) is 4.49. The predicted octanol–water partition coefficient (Wildman–Crippen LogP) is 3.74. The highest BCUT2D eigenvalue weighted by Gasteiger charge is 2.16. The van der Waals surface area contributed by atoms with E-state index in [1.165, 1.54) is 11.3 Å². The van der Waals surface area contributed by atoms with Gasteiger partial charge in [0.25, 0.3) is 0 Å². The minimum Gasteiger partial charge on any atom is -0.377 e. The fourth-order valence-electron chi connectivity index (χ4n) is 2.43. The zero-order chi connectivity index (χ0) is 14.0. The quantitative estimate of drug-likeness (QED) is 0.867. The number of anilines is 1. The number of aryl methyl sites for hydroxylation is 2. The van der Waals surface area contributed by atoms with Crippen molar-refractivity contribution < 1.29 is 0 Å². The minimum atomic E-state index is 0.184. The molecule has 0 saturated carbocycles. The summed E-state index contributed by atoms with van der Waals surface area (Å²) >= 11 is 5.79. The van der Waals surface area contributed by atoms with Crippen LogP contribution in [0.15, 0.2) is 18.3 Å². The van der Waals surface area contributed by atoms with Gasteiger partial charge in [0.05, 0.1) is 23.6 Å². The lowest BCUT2D eigenvalue weighted by molar-refractivity contribution is 0.632.